The summed E-state index contributed by atoms with van der Waals surface area (Å²) in [5.74, 6) is -4.92. The van der Waals surface area contributed by atoms with E-state index in [4.69, 9.17) is 32.7 Å². The van der Waals surface area contributed by atoms with Crippen molar-refractivity contribution in [3.63, 3.8) is 0 Å². The molecule has 7 N–H and O–H groups in total. The maximum Gasteiger partial charge on any atom is 0.472 e. The Bertz CT molecular complexity index is 2380. The number of Topliss-reactive ketones (excluding diaryl/α,β-unsaturated/α-hetero) is 1. The molecule has 3 aliphatic rings. The Balaban J connectivity index is 1.04. The molecule has 0 aromatic heterocycles. The zero-order valence-electron chi connectivity index (χ0n) is 47.6. The number of hydrogen-bond acceptors (Lipinski definition) is 19. The van der Waals surface area contributed by atoms with Crippen LogP contribution in [0.15, 0.2) is 18.2 Å². The molecule has 1 saturated heterocycles. The van der Waals surface area contributed by atoms with E-state index in [0.29, 0.717) is 25.8 Å². The van der Waals surface area contributed by atoms with Crippen molar-refractivity contribution in [2.24, 2.45) is 0 Å². The smallest absolute Gasteiger partial charge is 0.472 e. The predicted octanol–water partition coefficient (Wildman–Crippen LogP) is 9.23. The number of carbonyl (C=O) groups excluding carboxylic acids is 5. The van der Waals surface area contributed by atoms with E-state index in [9.17, 15) is 59.0 Å². The minimum atomic E-state index is -4.42. The summed E-state index contributed by atoms with van der Waals surface area (Å²) in [6.07, 6.45) is 15.5. The fourth-order valence-electron chi connectivity index (χ4n) is 10.8. The van der Waals surface area contributed by atoms with Gasteiger partial charge in [0.2, 0.25) is 5.78 Å². The third-order valence-electron chi connectivity index (χ3n) is 15.3. The number of nitrogens with one attached hydrogen (secondary N) is 1. The van der Waals surface area contributed by atoms with E-state index in [1.54, 1.807) is 13.8 Å². The summed E-state index contributed by atoms with van der Waals surface area (Å²) < 4.78 is 51.1. The van der Waals surface area contributed by atoms with Crippen molar-refractivity contribution < 1.29 is 91.7 Å². The number of aliphatic hydroxyl groups excluding tert-OH is 2. The van der Waals surface area contributed by atoms with Crippen molar-refractivity contribution in [3.8, 4) is 17.2 Å². The number of aliphatic hydroxyl groups is 3. The summed E-state index contributed by atoms with van der Waals surface area (Å²) in [6, 6.07) is 3.81. The van der Waals surface area contributed by atoms with Crippen LogP contribution in [0.3, 0.4) is 0 Å². The Morgan fingerprint density at radius 1 is 0.775 bits per heavy atom. The van der Waals surface area contributed by atoms with Gasteiger partial charge in [0.25, 0.3) is 0 Å². The van der Waals surface area contributed by atoms with E-state index in [1.807, 2.05) is 0 Å². The number of phosphoric ester groups is 1. The molecule has 21 heteroatoms. The van der Waals surface area contributed by atoms with Crippen molar-refractivity contribution in [1.82, 2.24) is 5.32 Å². The largest absolute Gasteiger partial charge is 0.507 e. The van der Waals surface area contributed by atoms with Gasteiger partial charge in [0, 0.05) is 54.8 Å². The minimum absolute atomic E-state index is 0.00419. The third kappa shape index (κ3) is 19.4. The highest BCUT2D eigenvalue weighted by molar-refractivity contribution is 7.47. The molecule has 0 amide bonds. The first-order valence-corrected chi connectivity index (χ1v) is 30.8. The second kappa shape index (κ2) is 33.7. The molecule has 1 heterocycles. The molecule has 80 heavy (non-hydrogen) atoms. The topological polar surface area (TPSA) is 300 Å². The van der Waals surface area contributed by atoms with Crippen LogP contribution in [0.2, 0.25) is 0 Å². The van der Waals surface area contributed by atoms with Crippen LogP contribution >= 0.6 is 7.82 Å². The maximum atomic E-state index is 14.0. The van der Waals surface area contributed by atoms with Gasteiger partial charge < -0.3 is 59.4 Å². The molecule has 450 valence electrons. The summed E-state index contributed by atoms with van der Waals surface area (Å²) in [7, 11) is -3.10. The van der Waals surface area contributed by atoms with Crippen molar-refractivity contribution in [1.29, 1.82) is 0 Å². The highest BCUT2D eigenvalue weighted by Gasteiger charge is 2.50. The quantitative estimate of drug-likeness (QED) is 0.0121. The molecule has 0 spiro atoms. The van der Waals surface area contributed by atoms with Crippen LogP contribution in [0.4, 0.5) is 0 Å². The minimum Gasteiger partial charge on any atom is -0.507 e. The van der Waals surface area contributed by atoms with E-state index < -0.39 is 128 Å². The normalized spacial score (nSPS) is 21.7. The highest BCUT2D eigenvalue weighted by Crippen LogP contribution is 2.53. The molecular weight excluding hydrogens is 1060 g/mol. The number of benzene rings is 2. The number of phosphoric acid groups is 1. The van der Waals surface area contributed by atoms with Gasteiger partial charge in [0.1, 0.15) is 36.1 Å². The van der Waals surface area contributed by atoms with Crippen LogP contribution in [0.5, 0.6) is 17.2 Å². The Labute approximate surface area is 471 Å². The molecule has 1 aliphatic heterocycles. The first-order valence-electron chi connectivity index (χ1n) is 29.3. The molecule has 0 bridgehead atoms. The number of aromatic hydroxyl groups is 2. The number of esters is 2. The summed E-state index contributed by atoms with van der Waals surface area (Å²) >= 11 is 0. The van der Waals surface area contributed by atoms with E-state index in [1.165, 1.54) is 89.5 Å². The molecule has 5 rings (SSSR count). The lowest BCUT2D eigenvalue weighted by Gasteiger charge is -2.43. The Hall–Kier alpha value is -4.34. The van der Waals surface area contributed by atoms with Crippen molar-refractivity contribution in [2.75, 3.05) is 40.1 Å². The van der Waals surface area contributed by atoms with Gasteiger partial charge in [-0.25, -0.2) is 4.57 Å². The number of ether oxygens (including phenoxy) is 5. The second-order valence-electron chi connectivity index (χ2n) is 21.7. The molecule has 0 saturated carbocycles. The second-order valence-corrected chi connectivity index (χ2v) is 23.1. The monoisotopic (exact) mass is 1150 g/mol. The van der Waals surface area contributed by atoms with Crippen LogP contribution in [0.25, 0.3) is 0 Å². The molecule has 1 fully saturated rings. The molecule has 0 radical (unpaired) electrons. The molecular formula is C59H90NO19P. The third-order valence-corrected chi connectivity index (χ3v) is 16.3. The van der Waals surface area contributed by atoms with Crippen LogP contribution in [0, 0.1) is 0 Å². The average molecular weight is 1150 g/mol. The number of carbonyl (C=O) groups is 5. The van der Waals surface area contributed by atoms with E-state index in [0.717, 1.165) is 51.4 Å². The number of hydrogen-bond donors (Lipinski definition) is 7. The van der Waals surface area contributed by atoms with Gasteiger partial charge in [-0.05, 0) is 45.2 Å². The molecule has 3 unspecified atom stereocenters. The number of phenols is 2. The van der Waals surface area contributed by atoms with Gasteiger partial charge in [-0.2, -0.15) is 0 Å². The number of phenolic OH excluding ortho intramolecular Hbond substituents is 2. The van der Waals surface area contributed by atoms with Crippen molar-refractivity contribution >= 4 is 37.1 Å². The lowest BCUT2D eigenvalue weighted by molar-refractivity contribution is -0.249. The predicted molar refractivity (Wildman–Crippen MR) is 296 cm³/mol. The van der Waals surface area contributed by atoms with Crippen LogP contribution in [-0.2, 0) is 53.4 Å². The number of unbranched alkanes of at least 4 members (excludes halogenated alkanes) is 18. The van der Waals surface area contributed by atoms with Gasteiger partial charge in [-0.1, -0.05) is 135 Å². The lowest BCUT2D eigenvalue weighted by atomic mass is 9.72. The number of fused-ring (bicyclic) bond motifs is 3. The Morgan fingerprint density at radius 2 is 1.36 bits per heavy atom. The van der Waals surface area contributed by atoms with Crippen LogP contribution < -0.4 is 10.1 Å². The van der Waals surface area contributed by atoms with Gasteiger partial charge in [0.15, 0.2) is 24.0 Å². The standard InChI is InChI=1S/C59H90NO19P/c1-5-7-8-9-10-11-12-13-14-15-16-17-20-23-29-47(63)74-37-40(38-76-80(71,72)75-32-6-2)78-48(64)30-24-21-18-19-22-25-31-60-43-33-49(77-39(3)54(43)65)79-45-35-59(70,46(62)36-61)34-42-51(45)58(69)53-52(56(42)67)55(66)41-27-26-28-44(73-4)50(41)57(53)68/h26-28,39-40,43,45,49,54,60-61,65,67,69-70H,5-25,29-38H2,1-4H3,(H,71,72)/t39-,40?,43-,45-,49?,54+,59-/m0/s1. The average Bonchev–Trinajstić information content (AvgIpc) is 3.56. The lowest BCUT2D eigenvalue weighted by Crippen LogP contribution is -2.54. The molecule has 2 aromatic carbocycles. The molecule has 2 aromatic rings. The molecule has 8 atom stereocenters. The zero-order chi connectivity index (χ0) is 58.2. The summed E-state index contributed by atoms with van der Waals surface area (Å²) in [5.41, 5.74) is -3.84. The van der Waals surface area contributed by atoms with Gasteiger partial charge >= 0.3 is 19.8 Å². The fraction of sp³-hybridized carbons (Fsp3) is 0.712. The summed E-state index contributed by atoms with van der Waals surface area (Å²) in [6.45, 7) is 4.27. The number of methoxy groups -OCH3 is 1. The Kier molecular flexibility index (Phi) is 28.0. The van der Waals surface area contributed by atoms with Gasteiger partial charge in [-0.3, -0.25) is 33.0 Å². The summed E-state index contributed by atoms with van der Waals surface area (Å²) in [4.78, 5) is 76.5. The highest BCUT2D eigenvalue weighted by atomic mass is 31.2. The maximum absolute atomic E-state index is 14.0. The zero-order valence-corrected chi connectivity index (χ0v) is 48.4. The van der Waals surface area contributed by atoms with Crippen LogP contribution in [0.1, 0.15) is 230 Å². The summed E-state index contributed by atoms with van der Waals surface area (Å²) in [5, 5.41) is 59.6. The van der Waals surface area contributed by atoms with E-state index >= 15 is 0 Å². The van der Waals surface area contributed by atoms with E-state index in [-0.39, 0.29) is 60.5 Å². The van der Waals surface area contributed by atoms with Crippen LogP contribution in [-0.4, -0.2) is 136 Å². The molecule has 2 aliphatic carbocycles. The first-order chi connectivity index (χ1) is 38.4. The molecule has 20 nitrogen and oxygen atoms in total. The number of ketones is 3. The number of rotatable bonds is 39. The SMILES string of the molecule is CCCCCCCCCCCCCCCCC(=O)OCC(COP(=O)(O)OCCC)OC(=O)CCCCCCCCN[C@H]1CC(O[C@H]2C[C@](O)(C(=O)CO)Cc3c(O)c4c(c(O)c32)C(=O)c2c(OC)cccc2C4=O)O[C@@H](C)[C@H]1O. The first kappa shape index (κ1) is 66.5. The van der Waals surface area contributed by atoms with Crippen molar-refractivity contribution in [3.05, 3.63) is 51.6 Å². The van der Waals surface area contributed by atoms with Gasteiger partial charge in [-0.15, -0.1) is 0 Å². The van der Waals surface area contributed by atoms with Crippen molar-refractivity contribution in [2.45, 2.75) is 230 Å². The fourth-order valence-corrected chi connectivity index (χ4v) is 11.7. The Morgan fingerprint density at radius 3 is 1.96 bits per heavy atom. The van der Waals surface area contributed by atoms with Gasteiger partial charge in [0.05, 0.1) is 55.3 Å². The van der Waals surface area contributed by atoms with E-state index in [2.05, 4.69) is 12.2 Å².